The number of nitrogen functional groups attached to an aromatic ring is 1. The average Bonchev–Trinajstić information content (AvgIpc) is 2.61. The lowest BCUT2D eigenvalue weighted by atomic mass is 10.0. The van der Waals surface area contributed by atoms with Crippen molar-refractivity contribution in [2.24, 2.45) is 0 Å². The molecule has 1 fully saturated rings. The average molecular weight is 288 g/mol. The Morgan fingerprint density at radius 2 is 2.50 bits per heavy atom. The lowest BCUT2D eigenvalue weighted by Crippen LogP contribution is -2.28. The Kier molecular flexibility index (Phi) is 3.86. The minimum atomic E-state index is 0.367. The number of hydrogen-bond donors (Lipinski definition) is 1. The molecule has 0 radical (unpaired) electrons. The lowest BCUT2D eigenvalue weighted by molar-refractivity contribution is -0.0119. The van der Waals surface area contributed by atoms with E-state index in [4.69, 9.17) is 10.5 Å². The smallest absolute Gasteiger partial charge is 0.136 e. The SMILES string of the molecule is CCCC1CC(n2ncc(Br)c2N)CCO1. The molecule has 1 aliphatic rings. The number of anilines is 1. The third kappa shape index (κ3) is 2.40. The molecule has 0 amide bonds. The zero-order chi connectivity index (χ0) is 11.5. The van der Waals surface area contributed by atoms with Crippen molar-refractivity contribution in [1.29, 1.82) is 0 Å². The van der Waals surface area contributed by atoms with E-state index in [0.29, 0.717) is 12.1 Å². The third-order valence-electron chi connectivity index (χ3n) is 3.08. The number of nitrogens with zero attached hydrogens (tertiary/aromatic N) is 2. The van der Waals surface area contributed by atoms with Gasteiger partial charge in [-0.2, -0.15) is 5.10 Å². The van der Waals surface area contributed by atoms with Gasteiger partial charge < -0.3 is 10.5 Å². The highest BCUT2D eigenvalue weighted by Gasteiger charge is 2.25. The third-order valence-corrected chi connectivity index (χ3v) is 3.69. The van der Waals surface area contributed by atoms with Gasteiger partial charge in [0.15, 0.2) is 0 Å². The quantitative estimate of drug-likeness (QED) is 0.930. The van der Waals surface area contributed by atoms with Crippen LogP contribution >= 0.6 is 15.9 Å². The molecular formula is C11H18BrN3O. The van der Waals surface area contributed by atoms with E-state index in [-0.39, 0.29) is 0 Å². The van der Waals surface area contributed by atoms with Crippen LogP contribution in [0.2, 0.25) is 0 Å². The molecule has 2 N–H and O–H groups in total. The molecule has 2 rings (SSSR count). The minimum absolute atomic E-state index is 0.367. The highest BCUT2D eigenvalue weighted by Crippen LogP contribution is 2.30. The van der Waals surface area contributed by atoms with E-state index >= 15 is 0 Å². The van der Waals surface area contributed by atoms with E-state index < -0.39 is 0 Å². The largest absolute Gasteiger partial charge is 0.383 e. The minimum Gasteiger partial charge on any atom is -0.383 e. The first-order valence-electron chi connectivity index (χ1n) is 5.82. The second kappa shape index (κ2) is 5.19. The molecule has 4 nitrogen and oxygen atoms in total. The van der Waals surface area contributed by atoms with E-state index in [1.807, 2.05) is 4.68 Å². The van der Waals surface area contributed by atoms with Crippen molar-refractivity contribution in [2.75, 3.05) is 12.3 Å². The van der Waals surface area contributed by atoms with Crippen molar-refractivity contribution < 1.29 is 4.74 Å². The van der Waals surface area contributed by atoms with Gasteiger partial charge in [-0.25, -0.2) is 4.68 Å². The Morgan fingerprint density at radius 3 is 3.12 bits per heavy atom. The van der Waals surface area contributed by atoms with Crippen LogP contribution in [0.25, 0.3) is 0 Å². The Hall–Kier alpha value is -0.550. The first-order chi connectivity index (χ1) is 7.72. The molecule has 0 bridgehead atoms. The van der Waals surface area contributed by atoms with Gasteiger partial charge in [-0.15, -0.1) is 0 Å². The second-order valence-corrected chi connectivity index (χ2v) is 5.14. The van der Waals surface area contributed by atoms with Crippen LogP contribution in [-0.4, -0.2) is 22.5 Å². The highest BCUT2D eigenvalue weighted by atomic mass is 79.9. The maximum atomic E-state index is 5.97. The molecule has 2 atom stereocenters. The van der Waals surface area contributed by atoms with E-state index in [1.165, 1.54) is 0 Å². The van der Waals surface area contributed by atoms with Crippen molar-refractivity contribution in [3.8, 4) is 0 Å². The fourth-order valence-corrected chi connectivity index (χ4v) is 2.52. The summed E-state index contributed by atoms with van der Waals surface area (Å²) < 4.78 is 8.53. The first-order valence-corrected chi connectivity index (χ1v) is 6.61. The molecule has 0 saturated carbocycles. The molecular weight excluding hydrogens is 270 g/mol. The molecule has 5 heteroatoms. The maximum absolute atomic E-state index is 5.97. The van der Waals surface area contributed by atoms with E-state index in [9.17, 15) is 0 Å². The number of hydrogen-bond acceptors (Lipinski definition) is 3. The summed E-state index contributed by atoms with van der Waals surface area (Å²) in [6.07, 6.45) is 6.44. The zero-order valence-corrected chi connectivity index (χ0v) is 11.1. The van der Waals surface area contributed by atoms with Gasteiger partial charge in [0.25, 0.3) is 0 Å². The molecule has 0 aromatic carbocycles. The summed E-state index contributed by atoms with van der Waals surface area (Å²) in [6.45, 7) is 3.00. The molecule has 1 aromatic rings. The summed E-state index contributed by atoms with van der Waals surface area (Å²) in [4.78, 5) is 0. The number of nitrogens with two attached hydrogens (primary N) is 1. The summed E-state index contributed by atoms with van der Waals surface area (Å²) in [6, 6.07) is 0.386. The van der Waals surface area contributed by atoms with Crippen molar-refractivity contribution in [3.63, 3.8) is 0 Å². The van der Waals surface area contributed by atoms with E-state index in [2.05, 4.69) is 28.0 Å². The predicted octanol–water partition coefficient (Wildman–Crippen LogP) is 2.75. The summed E-state index contributed by atoms with van der Waals surface area (Å²) in [5.74, 6) is 0.724. The Labute approximate surface area is 104 Å². The normalized spacial score (nSPS) is 25.9. The molecule has 0 aliphatic carbocycles. The second-order valence-electron chi connectivity index (χ2n) is 4.28. The Bertz CT molecular complexity index is 351. The van der Waals surface area contributed by atoms with Crippen LogP contribution in [0, 0.1) is 0 Å². The Balaban J connectivity index is 2.06. The fraction of sp³-hybridized carbons (Fsp3) is 0.727. The Morgan fingerprint density at radius 1 is 1.69 bits per heavy atom. The van der Waals surface area contributed by atoms with Crippen LogP contribution in [0.4, 0.5) is 5.82 Å². The van der Waals surface area contributed by atoms with E-state index in [1.54, 1.807) is 6.20 Å². The van der Waals surface area contributed by atoms with Gasteiger partial charge in [0.05, 0.1) is 22.8 Å². The lowest BCUT2D eigenvalue weighted by Gasteiger charge is -2.30. The first kappa shape index (κ1) is 11.9. The van der Waals surface area contributed by atoms with Gasteiger partial charge in [-0.3, -0.25) is 0 Å². The highest BCUT2D eigenvalue weighted by molar-refractivity contribution is 9.10. The van der Waals surface area contributed by atoms with Crippen LogP contribution < -0.4 is 5.73 Å². The number of aromatic nitrogens is 2. The van der Waals surface area contributed by atoms with Crippen LogP contribution in [0.5, 0.6) is 0 Å². The zero-order valence-electron chi connectivity index (χ0n) is 9.53. The van der Waals surface area contributed by atoms with Crippen LogP contribution in [-0.2, 0) is 4.74 Å². The summed E-state index contributed by atoms with van der Waals surface area (Å²) in [5.41, 5.74) is 5.97. The van der Waals surface area contributed by atoms with Crippen LogP contribution in [0.1, 0.15) is 38.6 Å². The van der Waals surface area contributed by atoms with Crippen molar-refractivity contribution in [2.45, 2.75) is 44.8 Å². The monoisotopic (exact) mass is 287 g/mol. The molecule has 1 aliphatic heterocycles. The topological polar surface area (TPSA) is 53.1 Å². The standard InChI is InChI=1S/C11H18BrN3O/c1-2-3-9-6-8(4-5-16-9)15-11(13)10(12)7-14-15/h7-9H,2-6,13H2,1H3. The molecule has 16 heavy (non-hydrogen) atoms. The van der Waals surface area contributed by atoms with E-state index in [0.717, 1.165) is 42.6 Å². The van der Waals surface area contributed by atoms with Crippen molar-refractivity contribution >= 4 is 21.7 Å². The molecule has 1 saturated heterocycles. The van der Waals surface area contributed by atoms with Crippen LogP contribution in [0.15, 0.2) is 10.7 Å². The molecule has 2 unspecified atom stereocenters. The molecule has 90 valence electrons. The van der Waals surface area contributed by atoms with Crippen molar-refractivity contribution in [3.05, 3.63) is 10.7 Å². The number of halogens is 1. The number of rotatable bonds is 3. The fourth-order valence-electron chi connectivity index (χ4n) is 2.25. The summed E-state index contributed by atoms with van der Waals surface area (Å²) in [7, 11) is 0. The van der Waals surface area contributed by atoms with Gasteiger partial charge >= 0.3 is 0 Å². The van der Waals surface area contributed by atoms with Gasteiger partial charge in [0.1, 0.15) is 5.82 Å². The molecule has 1 aromatic heterocycles. The van der Waals surface area contributed by atoms with Gasteiger partial charge in [-0.05, 0) is 35.2 Å². The van der Waals surface area contributed by atoms with Crippen LogP contribution in [0.3, 0.4) is 0 Å². The number of ether oxygens (including phenoxy) is 1. The van der Waals surface area contributed by atoms with Gasteiger partial charge in [-0.1, -0.05) is 13.3 Å². The predicted molar refractivity (Wildman–Crippen MR) is 67.3 cm³/mol. The summed E-state index contributed by atoms with van der Waals surface area (Å²) in [5, 5.41) is 4.32. The maximum Gasteiger partial charge on any atom is 0.136 e. The molecule has 2 heterocycles. The van der Waals surface area contributed by atoms with Crippen molar-refractivity contribution in [1.82, 2.24) is 9.78 Å². The van der Waals surface area contributed by atoms with Gasteiger partial charge in [0.2, 0.25) is 0 Å². The van der Waals surface area contributed by atoms with Gasteiger partial charge in [0, 0.05) is 6.61 Å². The summed E-state index contributed by atoms with van der Waals surface area (Å²) >= 11 is 3.39. The molecule has 0 spiro atoms.